The maximum Gasteiger partial charge on any atom is 0.283 e. The van der Waals surface area contributed by atoms with Gasteiger partial charge in [0.05, 0.1) is 0 Å². The highest BCUT2D eigenvalue weighted by Gasteiger charge is 2.41. The number of hydrogen-bond donors (Lipinski definition) is 2. The molecule has 4 aromatic carbocycles. The van der Waals surface area contributed by atoms with E-state index in [1.165, 1.54) is 9.80 Å². The molecule has 6 rings (SSSR count). The van der Waals surface area contributed by atoms with Crippen LogP contribution in [0.1, 0.15) is 22.3 Å². The van der Waals surface area contributed by atoms with Gasteiger partial charge in [-0.25, -0.2) is 19.8 Å². The first-order valence-corrected chi connectivity index (χ1v) is 15.1. The zero-order valence-corrected chi connectivity index (χ0v) is 26.3. The summed E-state index contributed by atoms with van der Waals surface area (Å²) in [7, 11) is 0. The van der Waals surface area contributed by atoms with Gasteiger partial charge in [0.25, 0.3) is 11.8 Å². The molecule has 10 heteroatoms. The molecule has 2 heterocycles. The maximum atomic E-state index is 14.0. The quantitative estimate of drug-likeness (QED) is 0.144. The molecule has 2 amide bonds. The highest BCUT2D eigenvalue weighted by atomic mass is 32.1. The third-order valence-electron chi connectivity index (χ3n) is 6.83. The molecule has 0 bridgehead atoms. The smallest absolute Gasteiger partial charge is 0.266 e. The molecule has 0 saturated carbocycles. The molecular weight excluding hydrogens is 625 g/mol. The van der Waals surface area contributed by atoms with Crippen LogP contribution >= 0.6 is 49.7 Å². The molecule has 4 aromatic rings. The Morgan fingerprint density at radius 1 is 0.545 bits per heavy atom. The van der Waals surface area contributed by atoms with Crippen molar-refractivity contribution in [3.05, 3.63) is 143 Å². The van der Waals surface area contributed by atoms with Gasteiger partial charge in [-0.3, -0.25) is 9.59 Å². The standard InChI is InChI=1S/C34H22N4O2S4/c39-31-25(19-23-15-7-9-17-27(23)41)35-29(21-11-3-1-4-12-21)37(31)33(43)34(44)38-30(22-13-5-2-6-14-22)36-26(32(38)40)20-24-16-8-10-18-28(24)42/h1-20,41-42H/b25-19-,26-20+. The summed E-state index contributed by atoms with van der Waals surface area (Å²) in [5, 5.41) is 0. The predicted molar refractivity (Wildman–Crippen MR) is 188 cm³/mol. The normalized spacial score (nSPS) is 16.5. The van der Waals surface area contributed by atoms with Crippen LogP contribution in [0.25, 0.3) is 12.2 Å². The van der Waals surface area contributed by atoms with E-state index in [0.717, 1.165) is 11.1 Å². The number of rotatable bonds is 4. The number of aliphatic imine (C=N–C) groups is 2. The topological polar surface area (TPSA) is 65.3 Å². The summed E-state index contributed by atoms with van der Waals surface area (Å²) in [6, 6.07) is 33.2. The Labute approximate surface area is 276 Å². The van der Waals surface area contributed by atoms with Crippen LogP contribution in [0.4, 0.5) is 0 Å². The van der Waals surface area contributed by atoms with Crippen molar-refractivity contribution in [3.8, 4) is 0 Å². The van der Waals surface area contributed by atoms with E-state index in [4.69, 9.17) is 24.4 Å². The monoisotopic (exact) mass is 646 g/mol. The maximum absolute atomic E-state index is 14.0. The van der Waals surface area contributed by atoms with Crippen molar-refractivity contribution in [3.63, 3.8) is 0 Å². The predicted octanol–water partition coefficient (Wildman–Crippen LogP) is 6.88. The number of thiocarbonyl (C=S) groups is 2. The first-order chi connectivity index (χ1) is 21.3. The summed E-state index contributed by atoms with van der Waals surface area (Å²) in [5.41, 5.74) is 3.07. The van der Waals surface area contributed by atoms with E-state index in [0.29, 0.717) is 32.6 Å². The summed E-state index contributed by atoms with van der Waals surface area (Å²) < 4.78 is 0. The van der Waals surface area contributed by atoms with Crippen molar-refractivity contribution in [2.75, 3.05) is 0 Å². The summed E-state index contributed by atoms with van der Waals surface area (Å²) in [6.45, 7) is 0. The molecule has 2 aliphatic rings. The van der Waals surface area contributed by atoms with Gasteiger partial charge in [-0.15, -0.1) is 25.3 Å². The molecule has 0 aliphatic carbocycles. The zero-order valence-electron chi connectivity index (χ0n) is 22.9. The lowest BCUT2D eigenvalue weighted by molar-refractivity contribution is -0.121. The second kappa shape index (κ2) is 12.6. The highest BCUT2D eigenvalue weighted by molar-refractivity contribution is 7.89. The average molecular weight is 647 g/mol. The number of amides is 2. The van der Waals surface area contributed by atoms with E-state index in [9.17, 15) is 9.59 Å². The van der Waals surface area contributed by atoms with E-state index < -0.39 is 11.8 Å². The molecule has 2 aliphatic heterocycles. The van der Waals surface area contributed by atoms with Crippen LogP contribution in [0.5, 0.6) is 0 Å². The van der Waals surface area contributed by atoms with Crippen LogP contribution in [-0.2, 0) is 9.59 Å². The molecule has 0 unspecified atom stereocenters. The van der Waals surface area contributed by atoms with Gasteiger partial charge >= 0.3 is 0 Å². The number of nitrogens with zero attached hydrogens (tertiary/aromatic N) is 4. The molecule has 0 aromatic heterocycles. The van der Waals surface area contributed by atoms with E-state index in [1.807, 2.05) is 109 Å². The second-order valence-electron chi connectivity index (χ2n) is 9.67. The van der Waals surface area contributed by atoms with Crippen LogP contribution in [0.2, 0.25) is 0 Å². The van der Waals surface area contributed by atoms with E-state index >= 15 is 0 Å². The number of carbonyl (C=O) groups is 2. The molecule has 0 saturated heterocycles. The molecule has 0 atom stereocenters. The molecule has 6 nitrogen and oxygen atoms in total. The minimum Gasteiger partial charge on any atom is -0.266 e. The Morgan fingerprint density at radius 2 is 0.886 bits per heavy atom. The second-order valence-corrected chi connectivity index (χ2v) is 11.4. The SMILES string of the molecule is O=C1/C(=C/c2ccccc2S)N=C(c2ccccc2)N1C(=S)C(=S)N1C(=O)/C(=C\c2ccccc2S)N=C1c1ccccc1. The van der Waals surface area contributed by atoms with E-state index in [1.54, 1.807) is 12.2 Å². The van der Waals surface area contributed by atoms with Crippen LogP contribution in [0.15, 0.2) is 140 Å². The van der Waals surface area contributed by atoms with Crippen LogP contribution in [-0.4, -0.2) is 43.3 Å². The zero-order chi connectivity index (χ0) is 30.8. The van der Waals surface area contributed by atoms with Gasteiger partial charge in [-0.05, 0) is 35.4 Å². The van der Waals surface area contributed by atoms with Crippen molar-refractivity contribution in [2.24, 2.45) is 9.98 Å². The van der Waals surface area contributed by atoms with Gasteiger partial charge in [0.15, 0.2) is 9.98 Å². The number of thiol groups is 2. The third kappa shape index (κ3) is 5.72. The average Bonchev–Trinajstić information content (AvgIpc) is 3.55. The lowest BCUT2D eigenvalue weighted by Gasteiger charge is -2.25. The van der Waals surface area contributed by atoms with Gasteiger partial charge in [0, 0.05) is 20.9 Å². The van der Waals surface area contributed by atoms with Gasteiger partial charge in [-0.2, -0.15) is 0 Å². The molecule has 0 N–H and O–H groups in total. The van der Waals surface area contributed by atoms with Crippen molar-refractivity contribution in [2.45, 2.75) is 9.79 Å². The summed E-state index contributed by atoms with van der Waals surface area (Å²) in [4.78, 5) is 41.1. The Kier molecular flexibility index (Phi) is 8.49. The highest BCUT2D eigenvalue weighted by Crippen LogP contribution is 2.29. The molecule has 214 valence electrons. The Balaban J connectivity index is 1.41. The van der Waals surface area contributed by atoms with Crippen LogP contribution in [0.3, 0.4) is 0 Å². The van der Waals surface area contributed by atoms with Crippen molar-refractivity contribution in [1.82, 2.24) is 9.80 Å². The summed E-state index contributed by atoms with van der Waals surface area (Å²) in [6.07, 6.45) is 3.32. The Bertz CT molecular complexity index is 1820. The molecule has 44 heavy (non-hydrogen) atoms. The van der Waals surface area contributed by atoms with Crippen molar-refractivity contribution >= 4 is 95.3 Å². The van der Waals surface area contributed by atoms with Gasteiger partial charge in [0.1, 0.15) is 23.1 Å². The fourth-order valence-corrected chi connectivity index (χ4v) is 5.65. The van der Waals surface area contributed by atoms with E-state index in [-0.39, 0.29) is 21.4 Å². The molecular formula is C34H22N4O2S4. The lowest BCUT2D eigenvalue weighted by Crippen LogP contribution is -2.49. The van der Waals surface area contributed by atoms with Crippen LogP contribution in [0, 0.1) is 0 Å². The molecule has 0 radical (unpaired) electrons. The number of benzene rings is 4. The van der Waals surface area contributed by atoms with Gasteiger partial charge in [-0.1, -0.05) is 121 Å². The molecule has 0 fully saturated rings. The lowest BCUT2D eigenvalue weighted by atomic mass is 10.1. The molecule has 0 spiro atoms. The minimum absolute atomic E-state index is 0.0528. The number of hydrogen-bond acceptors (Lipinski definition) is 8. The first kappa shape index (κ1) is 29.6. The van der Waals surface area contributed by atoms with Crippen molar-refractivity contribution < 1.29 is 9.59 Å². The largest absolute Gasteiger partial charge is 0.283 e. The summed E-state index contributed by atoms with van der Waals surface area (Å²) >= 11 is 20.8. The third-order valence-corrected chi connectivity index (χ3v) is 8.53. The van der Waals surface area contributed by atoms with Gasteiger partial charge < -0.3 is 0 Å². The summed E-state index contributed by atoms with van der Waals surface area (Å²) in [5.74, 6) is -0.347. The Morgan fingerprint density at radius 3 is 1.25 bits per heavy atom. The fourth-order valence-electron chi connectivity index (χ4n) is 4.68. The number of carbonyl (C=O) groups excluding carboxylic acids is 2. The van der Waals surface area contributed by atoms with Gasteiger partial charge in [0.2, 0.25) is 0 Å². The number of amidine groups is 2. The Hall–Kier alpha value is -4.48. The fraction of sp³-hybridized carbons (Fsp3) is 0. The first-order valence-electron chi connectivity index (χ1n) is 13.4. The van der Waals surface area contributed by atoms with Crippen molar-refractivity contribution in [1.29, 1.82) is 0 Å². The van der Waals surface area contributed by atoms with E-state index in [2.05, 4.69) is 35.2 Å². The van der Waals surface area contributed by atoms with Crippen LogP contribution < -0.4 is 0 Å². The minimum atomic E-state index is -0.475.